The summed E-state index contributed by atoms with van der Waals surface area (Å²) in [7, 11) is -3.66. The molecule has 0 aromatic heterocycles. The Balaban J connectivity index is 2.07. The standard InChI is InChI=1S/C15H16N2O2S2/c1-2-12-8-10-14(11-9-12)21(18,19)17-15(20)16-13-6-4-3-5-7-13/h3-11H,2H2,1H3,(H2,16,17,20). The van der Waals surface area contributed by atoms with E-state index in [9.17, 15) is 8.42 Å². The van der Waals surface area contributed by atoms with Crippen LogP contribution in [0.25, 0.3) is 0 Å². The molecule has 0 bridgehead atoms. The molecule has 0 radical (unpaired) electrons. The zero-order valence-corrected chi connectivity index (χ0v) is 13.2. The molecule has 21 heavy (non-hydrogen) atoms. The van der Waals surface area contributed by atoms with Crippen LogP contribution >= 0.6 is 12.2 Å². The van der Waals surface area contributed by atoms with Crippen molar-refractivity contribution in [3.63, 3.8) is 0 Å². The van der Waals surface area contributed by atoms with Gasteiger partial charge in [-0.3, -0.25) is 4.72 Å². The number of aryl methyl sites for hydroxylation is 1. The normalized spacial score (nSPS) is 10.9. The van der Waals surface area contributed by atoms with Gasteiger partial charge in [0.1, 0.15) is 0 Å². The van der Waals surface area contributed by atoms with Crippen LogP contribution in [0.15, 0.2) is 59.5 Å². The summed E-state index contributed by atoms with van der Waals surface area (Å²) in [4.78, 5) is 0.192. The maximum absolute atomic E-state index is 12.2. The SMILES string of the molecule is CCc1ccc(S(=O)(=O)NC(=S)Nc2ccccc2)cc1. The van der Waals surface area contributed by atoms with E-state index in [1.54, 1.807) is 36.4 Å². The number of nitrogens with one attached hydrogen (secondary N) is 2. The lowest BCUT2D eigenvalue weighted by Crippen LogP contribution is -2.34. The van der Waals surface area contributed by atoms with Crippen LogP contribution in [0.4, 0.5) is 5.69 Å². The average molecular weight is 320 g/mol. The summed E-state index contributed by atoms with van der Waals surface area (Å²) in [5.41, 5.74) is 1.81. The Kier molecular flexibility index (Phi) is 4.93. The van der Waals surface area contributed by atoms with E-state index < -0.39 is 10.0 Å². The molecule has 2 rings (SSSR count). The van der Waals surface area contributed by atoms with E-state index in [-0.39, 0.29) is 10.0 Å². The van der Waals surface area contributed by atoms with E-state index in [0.717, 1.165) is 17.7 Å². The van der Waals surface area contributed by atoms with Crippen molar-refractivity contribution in [2.24, 2.45) is 0 Å². The molecule has 4 nitrogen and oxygen atoms in total. The Morgan fingerprint density at radius 1 is 1.05 bits per heavy atom. The van der Waals surface area contributed by atoms with Crippen LogP contribution in [0.5, 0.6) is 0 Å². The number of thiocarbonyl (C=S) groups is 1. The first-order valence-corrected chi connectivity index (χ1v) is 8.38. The zero-order chi connectivity index (χ0) is 15.3. The maximum atomic E-state index is 12.2. The predicted molar refractivity (Wildman–Crippen MR) is 88.8 cm³/mol. The van der Waals surface area contributed by atoms with Crippen molar-refractivity contribution in [2.45, 2.75) is 18.2 Å². The van der Waals surface area contributed by atoms with Gasteiger partial charge in [0.15, 0.2) is 5.11 Å². The van der Waals surface area contributed by atoms with E-state index in [2.05, 4.69) is 10.0 Å². The summed E-state index contributed by atoms with van der Waals surface area (Å²) in [5, 5.41) is 2.87. The van der Waals surface area contributed by atoms with Gasteiger partial charge in [-0.15, -0.1) is 0 Å². The predicted octanol–water partition coefficient (Wildman–Crippen LogP) is 2.92. The lowest BCUT2D eigenvalue weighted by molar-refractivity contribution is 0.593. The molecule has 2 aromatic rings. The molecule has 0 aliphatic heterocycles. The molecule has 0 saturated carbocycles. The maximum Gasteiger partial charge on any atom is 0.263 e. The van der Waals surface area contributed by atoms with Crippen LogP contribution in [0.3, 0.4) is 0 Å². The highest BCUT2D eigenvalue weighted by molar-refractivity contribution is 7.92. The van der Waals surface area contributed by atoms with E-state index in [0.29, 0.717) is 0 Å². The Labute approximate surface area is 130 Å². The molecule has 110 valence electrons. The molecule has 0 aliphatic rings. The molecule has 0 atom stereocenters. The minimum atomic E-state index is -3.66. The molecule has 0 heterocycles. The zero-order valence-electron chi connectivity index (χ0n) is 11.5. The van der Waals surface area contributed by atoms with Crippen LogP contribution in [0, 0.1) is 0 Å². The molecule has 0 amide bonds. The fraction of sp³-hybridized carbons (Fsp3) is 0.133. The molecule has 2 aromatic carbocycles. The lowest BCUT2D eigenvalue weighted by Gasteiger charge is -2.11. The van der Waals surface area contributed by atoms with Gasteiger partial charge in [-0.2, -0.15) is 0 Å². The molecule has 0 fully saturated rings. The van der Waals surface area contributed by atoms with Crippen LogP contribution in [0.1, 0.15) is 12.5 Å². The third-order valence-electron chi connectivity index (χ3n) is 2.90. The Hall–Kier alpha value is -1.92. The summed E-state index contributed by atoms with van der Waals surface area (Å²) in [6.07, 6.45) is 0.863. The van der Waals surface area contributed by atoms with Crippen LogP contribution in [-0.2, 0) is 16.4 Å². The first-order valence-electron chi connectivity index (χ1n) is 6.49. The number of rotatable bonds is 4. The summed E-state index contributed by atoms with van der Waals surface area (Å²) in [6.45, 7) is 2.01. The summed E-state index contributed by atoms with van der Waals surface area (Å²) >= 11 is 5.03. The summed E-state index contributed by atoms with van der Waals surface area (Å²) in [6, 6.07) is 15.9. The van der Waals surface area contributed by atoms with Crippen molar-refractivity contribution in [3.05, 3.63) is 60.2 Å². The molecular weight excluding hydrogens is 304 g/mol. The van der Waals surface area contributed by atoms with Gasteiger partial charge in [0.05, 0.1) is 4.90 Å². The number of hydrogen-bond donors (Lipinski definition) is 2. The lowest BCUT2D eigenvalue weighted by atomic mass is 10.2. The van der Waals surface area contributed by atoms with Crippen LogP contribution < -0.4 is 10.0 Å². The van der Waals surface area contributed by atoms with Crippen LogP contribution in [0.2, 0.25) is 0 Å². The summed E-state index contributed by atoms with van der Waals surface area (Å²) in [5.74, 6) is 0. The van der Waals surface area contributed by atoms with Gasteiger partial charge in [0.2, 0.25) is 0 Å². The van der Waals surface area contributed by atoms with Gasteiger partial charge in [-0.25, -0.2) is 8.42 Å². The van der Waals surface area contributed by atoms with E-state index >= 15 is 0 Å². The molecule has 6 heteroatoms. The number of hydrogen-bond acceptors (Lipinski definition) is 3. The number of sulfonamides is 1. The minimum Gasteiger partial charge on any atom is -0.332 e. The third kappa shape index (κ3) is 4.27. The summed E-state index contributed by atoms with van der Waals surface area (Å²) < 4.78 is 26.7. The molecule has 2 N–H and O–H groups in total. The average Bonchev–Trinajstić information content (AvgIpc) is 2.47. The van der Waals surface area contributed by atoms with Gasteiger partial charge in [-0.1, -0.05) is 37.3 Å². The van der Waals surface area contributed by atoms with Gasteiger partial charge in [-0.05, 0) is 48.5 Å². The number of anilines is 1. The van der Waals surface area contributed by atoms with Gasteiger partial charge in [0, 0.05) is 5.69 Å². The molecule has 0 unspecified atom stereocenters. The van der Waals surface area contributed by atoms with Gasteiger partial charge >= 0.3 is 0 Å². The fourth-order valence-electron chi connectivity index (χ4n) is 1.76. The van der Waals surface area contributed by atoms with Crippen molar-refractivity contribution in [1.29, 1.82) is 0 Å². The largest absolute Gasteiger partial charge is 0.332 e. The highest BCUT2D eigenvalue weighted by atomic mass is 32.2. The van der Waals surface area contributed by atoms with E-state index in [4.69, 9.17) is 12.2 Å². The van der Waals surface area contributed by atoms with E-state index in [1.807, 2.05) is 25.1 Å². The molecule has 0 saturated heterocycles. The minimum absolute atomic E-state index is 0.0424. The van der Waals surface area contributed by atoms with Crippen molar-refractivity contribution in [2.75, 3.05) is 5.32 Å². The van der Waals surface area contributed by atoms with Gasteiger partial charge in [0.25, 0.3) is 10.0 Å². The highest BCUT2D eigenvalue weighted by Crippen LogP contribution is 2.11. The van der Waals surface area contributed by atoms with Crippen molar-refractivity contribution in [1.82, 2.24) is 4.72 Å². The number of benzene rings is 2. The Morgan fingerprint density at radius 3 is 2.24 bits per heavy atom. The fourth-order valence-corrected chi connectivity index (χ4v) is 3.12. The third-order valence-corrected chi connectivity index (χ3v) is 4.60. The topological polar surface area (TPSA) is 58.2 Å². The molecular formula is C15H16N2O2S2. The number of para-hydroxylation sites is 1. The second-order valence-electron chi connectivity index (χ2n) is 4.42. The van der Waals surface area contributed by atoms with Gasteiger partial charge < -0.3 is 5.32 Å². The Bertz CT molecular complexity index is 711. The first kappa shape index (κ1) is 15.5. The van der Waals surface area contributed by atoms with Crippen LogP contribution in [-0.4, -0.2) is 13.5 Å². The molecule has 0 spiro atoms. The first-order chi connectivity index (χ1) is 10.0. The van der Waals surface area contributed by atoms with Crippen molar-refractivity contribution < 1.29 is 8.42 Å². The van der Waals surface area contributed by atoms with Crippen molar-refractivity contribution >= 4 is 33.0 Å². The second-order valence-corrected chi connectivity index (χ2v) is 6.51. The highest BCUT2D eigenvalue weighted by Gasteiger charge is 2.15. The smallest absolute Gasteiger partial charge is 0.263 e. The van der Waals surface area contributed by atoms with Crippen molar-refractivity contribution in [3.8, 4) is 0 Å². The van der Waals surface area contributed by atoms with E-state index in [1.165, 1.54) is 0 Å². The quantitative estimate of drug-likeness (QED) is 0.851. The monoisotopic (exact) mass is 320 g/mol. The Morgan fingerprint density at radius 2 is 1.67 bits per heavy atom. The second kappa shape index (κ2) is 6.69. The molecule has 0 aliphatic carbocycles.